The van der Waals surface area contributed by atoms with E-state index in [1.807, 2.05) is 0 Å². The normalized spacial score (nSPS) is 44.7. The SMILES string of the molecule is CC(=C(F)C(=O)O)C12CC3CC(CC(C3)C1)C2. The lowest BCUT2D eigenvalue weighted by molar-refractivity contribution is -0.134. The van der Waals surface area contributed by atoms with Gasteiger partial charge in [0.05, 0.1) is 0 Å². The zero-order valence-corrected chi connectivity index (χ0v) is 10.2. The van der Waals surface area contributed by atoms with Crippen LogP contribution in [0.1, 0.15) is 45.4 Å². The summed E-state index contributed by atoms with van der Waals surface area (Å²) in [6, 6.07) is 0. The molecule has 0 aromatic carbocycles. The summed E-state index contributed by atoms with van der Waals surface area (Å²) in [5.74, 6) is -0.126. The Morgan fingerprint density at radius 3 is 1.88 bits per heavy atom. The van der Waals surface area contributed by atoms with Gasteiger partial charge in [0, 0.05) is 0 Å². The summed E-state index contributed by atoms with van der Waals surface area (Å²) < 4.78 is 13.7. The molecule has 94 valence electrons. The third-order valence-electron chi connectivity index (χ3n) is 5.35. The maximum Gasteiger partial charge on any atom is 0.364 e. The minimum absolute atomic E-state index is 0.114. The topological polar surface area (TPSA) is 37.3 Å². The molecular weight excluding hydrogens is 219 g/mol. The fraction of sp³-hybridized carbons (Fsp3) is 0.786. The van der Waals surface area contributed by atoms with Crippen molar-refractivity contribution < 1.29 is 14.3 Å². The molecule has 0 saturated heterocycles. The van der Waals surface area contributed by atoms with Gasteiger partial charge in [0.15, 0.2) is 0 Å². The molecule has 0 radical (unpaired) electrons. The van der Waals surface area contributed by atoms with Gasteiger partial charge in [-0.25, -0.2) is 4.79 Å². The van der Waals surface area contributed by atoms with Crippen molar-refractivity contribution in [2.24, 2.45) is 23.2 Å². The molecule has 4 aliphatic carbocycles. The highest BCUT2D eigenvalue weighted by atomic mass is 19.1. The molecule has 0 spiro atoms. The molecule has 0 amide bonds. The molecule has 0 aromatic heterocycles. The molecule has 3 heteroatoms. The molecule has 0 aromatic rings. The van der Waals surface area contributed by atoms with Crippen molar-refractivity contribution >= 4 is 5.97 Å². The zero-order chi connectivity index (χ0) is 12.2. The Bertz CT molecular complexity index is 362. The van der Waals surface area contributed by atoms with Crippen LogP contribution in [-0.4, -0.2) is 11.1 Å². The predicted molar refractivity (Wildman–Crippen MR) is 62.0 cm³/mol. The van der Waals surface area contributed by atoms with E-state index in [9.17, 15) is 9.18 Å². The van der Waals surface area contributed by atoms with Crippen molar-refractivity contribution in [3.05, 3.63) is 11.4 Å². The van der Waals surface area contributed by atoms with Crippen LogP contribution in [0.5, 0.6) is 0 Å². The van der Waals surface area contributed by atoms with Crippen molar-refractivity contribution in [2.45, 2.75) is 45.4 Å². The Hall–Kier alpha value is -0.860. The quantitative estimate of drug-likeness (QED) is 0.747. The van der Waals surface area contributed by atoms with Gasteiger partial charge in [-0.2, -0.15) is 4.39 Å². The van der Waals surface area contributed by atoms with E-state index >= 15 is 0 Å². The lowest BCUT2D eigenvalue weighted by Crippen LogP contribution is -2.46. The number of halogens is 1. The van der Waals surface area contributed by atoms with Gasteiger partial charge in [0.1, 0.15) is 0 Å². The summed E-state index contributed by atoms with van der Waals surface area (Å²) in [7, 11) is 0. The first-order valence-corrected chi connectivity index (χ1v) is 6.60. The average Bonchev–Trinajstić information content (AvgIpc) is 2.25. The van der Waals surface area contributed by atoms with Gasteiger partial charge in [-0.05, 0) is 74.2 Å². The molecule has 0 unspecified atom stereocenters. The average molecular weight is 238 g/mol. The van der Waals surface area contributed by atoms with Gasteiger partial charge < -0.3 is 5.11 Å². The smallest absolute Gasteiger partial charge is 0.364 e. The Morgan fingerprint density at radius 2 is 1.53 bits per heavy atom. The first kappa shape index (κ1) is 11.2. The molecule has 4 aliphatic rings. The van der Waals surface area contributed by atoms with Gasteiger partial charge in [0.25, 0.3) is 0 Å². The molecule has 0 aliphatic heterocycles. The van der Waals surface area contributed by atoms with Crippen LogP contribution in [0, 0.1) is 23.2 Å². The number of carboxylic acid groups (broad SMARTS) is 1. The second-order valence-electron chi connectivity index (χ2n) is 6.44. The van der Waals surface area contributed by atoms with E-state index < -0.39 is 11.8 Å². The van der Waals surface area contributed by atoms with Crippen LogP contribution in [0.2, 0.25) is 0 Å². The molecular formula is C14H19FO2. The van der Waals surface area contributed by atoms with Crippen molar-refractivity contribution in [1.82, 2.24) is 0 Å². The lowest BCUT2D eigenvalue weighted by atomic mass is 9.48. The Morgan fingerprint density at radius 1 is 1.12 bits per heavy atom. The molecule has 4 saturated carbocycles. The molecule has 0 heterocycles. The highest BCUT2D eigenvalue weighted by Gasteiger charge is 2.52. The van der Waals surface area contributed by atoms with Gasteiger partial charge in [-0.1, -0.05) is 0 Å². The monoisotopic (exact) mass is 238 g/mol. The predicted octanol–water partition coefficient (Wildman–Crippen LogP) is 3.53. The molecule has 4 bridgehead atoms. The Labute approximate surface area is 101 Å². The van der Waals surface area contributed by atoms with Gasteiger partial charge in [-0.15, -0.1) is 0 Å². The van der Waals surface area contributed by atoms with Gasteiger partial charge >= 0.3 is 5.97 Å². The van der Waals surface area contributed by atoms with Crippen LogP contribution in [0.4, 0.5) is 4.39 Å². The van der Waals surface area contributed by atoms with Crippen molar-refractivity contribution in [3.8, 4) is 0 Å². The van der Waals surface area contributed by atoms with E-state index in [-0.39, 0.29) is 5.41 Å². The first-order valence-electron chi connectivity index (χ1n) is 6.60. The molecule has 17 heavy (non-hydrogen) atoms. The van der Waals surface area contributed by atoms with Crippen LogP contribution < -0.4 is 0 Å². The summed E-state index contributed by atoms with van der Waals surface area (Å²) in [5, 5.41) is 8.82. The lowest BCUT2D eigenvalue weighted by Gasteiger charge is -2.57. The Balaban J connectivity index is 1.97. The van der Waals surface area contributed by atoms with Crippen molar-refractivity contribution in [3.63, 3.8) is 0 Å². The van der Waals surface area contributed by atoms with Gasteiger partial charge in [-0.3, -0.25) is 0 Å². The minimum Gasteiger partial charge on any atom is -0.476 e. The fourth-order valence-corrected chi connectivity index (χ4v) is 4.96. The summed E-state index contributed by atoms with van der Waals surface area (Å²) >= 11 is 0. The molecule has 0 atom stereocenters. The van der Waals surface area contributed by atoms with Crippen molar-refractivity contribution in [1.29, 1.82) is 0 Å². The fourth-order valence-electron chi connectivity index (χ4n) is 4.96. The van der Waals surface area contributed by atoms with Crippen LogP contribution in [-0.2, 0) is 4.79 Å². The van der Waals surface area contributed by atoms with E-state index in [4.69, 9.17) is 5.11 Å². The molecule has 4 fully saturated rings. The molecule has 2 nitrogen and oxygen atoms in total. The standard InChI is InChI=1S/C14H19FO2/c1-8(12(15)13(16)17)14-5-9-2-10(6-14)4-11(3-9)7-14/h9-11H,2-7H2,1H3,(H,16,17). The van der Waals surface area contributed by atoms with Crippen LogP contribution in [0.3, 0.4) is 0 Å². The summed E-state index contributed by atoms with van der Waals surface area (Å²) in [4.78, 5) is 10.8. The number of carboxylic acids is 1. The van der Waals surface area contributed by atoms with Crippen LogP contribution in [0.15, 0.2) is 11.4 Å². The van der Waals surface area contributed by atoms with E-state index in [0.29, 0.717) is 5.57 Å². The van der Waals surface area contributed by atoms with Crippen LogP contribution in [0.25, 0.3) is 0 Å². The highest BCUT2D eigenvalue weighted by Crippen LogP contribution is 2.63. The van der Waals surface area contributed by atoms with Crippen molar-refractivity contribution in [2.75, 3.05) is 0 Å². The maximum absolute atomic E-state index is 13.7. The number of allylic oxidation sites excluding steroid dienone is 1. The second-order valence-corrected chi connectivity index (χ2v) is 6.44. The zero-order valence-electron chi connectivity index (χ0n) is 10.2. The number of rotatable bonds is 2. The third kappa shape index (κ3) is 1.62. The summed E-state index contributed by atoms with van der Waals surface area (Å²) in [6.07, 6.45) is 6.94. The van der Waals surface area contributed by atoms with Crippen LogP contribution >= 0.6 is 0 Å². The van der Waals surface area contributed by atoms with E-state index in [1.54, 1.807) is 6.92 Å². The number of hydrogen-bond acceptors (Lipinski definition) is 1. The summed E-state index contributed by atoms with van der Waals surface area (Å²) in [6.45, 7) is 1.70. The molecule has 4 rings (SSSR count). The minimum atomic E-state index is -1.39. The first-order chi connectivity index (χ1) is 8.00. The highest BCUT2D eigenvalue weighted by molar-refractivity contribution is 5.85. The maximum atomic E-state index is 13.7. The number of carbonyl (C=O) groups is 1. The number of aliphatic carboxylic acids is 1. The second kappa shape index (κ2) is 3.56. The van der Waals surface area contributed by atoms with E-state index in [1.165, 1.54) is 19.3 Å². The third-order valence-corrected chi connectivity index (χ3v) is 5.35. The Kier molecular flexibility index (Phi) is 2.36. The van der Waals surface area contributed by atoms with E-state index in [2.05, 4.69) is 0 Å². The largest absolute Gasteiger partial charge is 0.476 e. The summed E-state index contributed by atoms with van der Waals surface area (Å²) in [5.41, 5.74) is 0.404. The van der Waals surface area contributed by atoms with E-state index in [0.717, 1.165) is 37.0 Å². The number of hydrogen-bond donors (Lipinski definition) is 1. The van der Waals surface area contributed by atoms with Gasteiger partial charge in [0.2, 0.25) is 5.83 Å². The molecule has 1 N–H and O–H groups in total.